The van der Waals surface area contributed by atoms with Gasteiger partial charge in [-0.2, -0.15) is 0 Å². The van der Waals surface area contributed by atoms with Crippen molar-refractivity contribution in [3.8, 4) is 0 Å². The van der Waals surface area contributed by atoms with E-state index in [9.17, 15) is 8.42 Å². The van der Waals surface area contributed by atoms with Crippen molar-refractivity contribution in [3.63, 3.8) is 0 Å². The Morgan fingerprint density at radius 2 is 2.12 bits per heavy atom. The highest BCUT2D eigenvalue weighted by molar-refractivity contribution is 7.91. The van der Waals surface area contributed by atoms with Crippen molar-refractivity contribution in [1.29, 1.82) is 0 Å². The predicted octanol–water partition coefficient (Wildman–Crippen LogP) is 1.19. The molecule has 1 N–H and O–H groups in total. The fourth-order valence-corrected chi connectivity index (χ4v) is 3.54. The topological polar surface area (TPSA) is 59.3 Å². The highest BCUT2D eigenvalue weighted by atomic mass is 32.2. The average molecular weight is 243 g/mol. The van der Waals surface area contributed by atoms with Crippen LogP contribution in [0.2, 0.25) is 0 Å². The van der Waals surface area contributed by atoms with Crippen molar-refractivity contribution in [2.24, 2.45) is 5.92 Å². The van der Waals surface area contributed by atoms with E-state index in [2.05, 4.69) is 5.32 Å². The van der Waals surface area contributed by atoms with E-state index in [4.69, 9.17) is 4.42 Å². The summed E-state index contributed by atoms with van der Waals surface area (Å²) in [5, 5.41) is 3.30. The molecule has 0 aliphatic carbocycles. The first-order chi connectivity index (χ1) is 7.66. The Bertz CT molecular complexity index is 396. The van der Waals surface area contributed by atoms with Crippen LogP contribution in [-0.4, -0.2) is 26.5 Å². The second-order valence-electron chi connectivity index (χ2n) is 4.31. The summed E-state index contributed by atoms with van der Waals surface area (Å²) in [5.41, 5.74) is 0. The highest BCUT2D eigenvalue weighted by Gasteiger charge is 2.22. The van der Waals surface area contributed by atoms with Crippen LogP contribution in [0.1, 0.15) is 18.6 Å². The van der Waals surface area contributed by atoms with Crippen molar-refractivity contribution < 1.29 is 12.8 Å². The van der Waals surface area contributed by atoms with Crippen molar-refractivity contribution in [3.05, 3.63) is 24.2 Å². The van der Waals surface area contributed by atoms with Crippen molar-refractivity contribution in [2.75, 3.05) is 18.1 Å². The molecule has 5 heteroatoms. The Kier molecular flexibility index (Phi) is 3.66. The molecule has 4 nitrogen and oxygen atoms in total. The maximum atomic E-state index is 11.2. The second-order valence-corrected chi connectivity index (χ2v) is 6.61. The molecule has 1 aromatic heterocycles. The third-order valence-corrected chi connectivity index (χ3v) is 4.70. The fraction of sp³-hybridized carbons (Fsp3) is 0.636. The minimum atomic E-state index is -2.73. The van der Waals surface area contributed by atoms with Gasteiger partial charge >= 0.3 is 0 Å². The first kappa shape index (κ1) is 11.7. The van der Waals surface area contributed by atoms with Gasteiger partial charge in [-0.1, -0.05) is 0 Å². The predicted molar refractivity (Wildman–Crippen MR) is 61.8 cm³/mol. The second kappa shape index (κ2) is 5.01. The molecule has 2 heterocycles. The Labute approximate surface area is 95.9 Å². The average Bonchev–Trinajstić information content (AvgIpc) is 2.73. The monoisotopic (exact) mass is 243 g/mol. The van der Waals surface area contributed by atoms with Crippen molar-refractivity contribution in [2.45, 2.75) is 19.4 Å². The van der Waals surface area contributed by atoms with Crippen LogP contribution in [0, 0.1) is 5.92 Å². The fourth-order valence-electron chi connectivity index (χ4n) is 1.96. The van der Waals surface area contributed by atoms with Crippen LogP contribution in [0.3, 0.4) is 0 Å². The molecule has 1 aliphatic heterocycles. The molecule has 1 aliphatic rings. The van der Waals surface area contributed by atoms with E-state index in [1.165, 1.54) is 0 Å². The molecule has 1 fully saturated rings. The quantitative estimate of drug-likeness (QED) is 0.863. The van der Waals surface area contributed by atoms with Crippen LogP contribution in [0.25, 0.3) is 0 Å². The van der Waals surface area contributed by atoms with E-state index in [0.29, 0.717) is 17.4 Å². The Hall–Kier alpha value is -0.810. The summed E-state index contributed by atoms with van der Waals surface area (Å²) in [5.74, 6) is 2.10. The van der Waals surface area contributed by atoms with E-state index in [0.717, 1.165) is 31.7 Å². The molecule has 0 atom stereocenters. The van der Waals surface area contributed by atoms with Gasteiger partial charge in [0.05, 0.1) is 24.3 Å². The molecule has 0 radical (unpaired) electrons. The summed E-state index contributed by atoms with van der Waals surface area (Å²) >= 11 is 0. The first-order valence-corrected chi connectivity index (χ1v) is 7.41. The number of nitrogens with one attached hydrogen (secondary N) is 1. The summed E-state index contributed by atoms with van der Waals surface area (Å²) in [6.45, 7) is 1.59. The zero-order valence-corrected chi connectivity index (χ0v) is 10.0. The lowest BCUT2D eigenvalue weighted by atomic mass is 10.0. The van der Waals surface area contributed by atoms with E-state index in [1.54, 1.807) is 6.26 Å². The van der Waals surface area contributed by atoms with Crippen LogP contribution < -0.4 is 5.32 Å². The zero-order chi connectivity index (χ0) is 11.4. The number of furan rings is 1. The van der Waals surface area contributed by atoms with Crippen molar-refractivity contribution >= 4 is 9.84 Å². The van der Waals surface area contributed by atoms with E-state index >= 15 is 0 Å². The lowest BCUT2D eigenvalue weighted by molar-refractivity contribution is 0.412. The lowest BCUT2D eigenvalue weighted by Crippen LogP contribution is -2.30. The van der Waals surface area contributed by atoms with Gasteiger partial charge in [0.15, 0.2) is 0 Å². The molecule has 0 spiro atoms. The Morgan fingerprint density at radius 1 is 1.38 bits per heavy atom. The van der Waals surface area contributed by atoms with Crippen LogP contribution in [0.15, 0.2) is 22.8 Å². The van der Waals surface area contributed by atoms with Gasteiger partial charge in [-0.25, -0.2) is 8.42 Å². The summed E-state index contributed by atoms with van der Waals surface area (Å²) in [4.78, 5) is 0. The van der Waals surface area contributed by atoms with Crippen LogP contribution in [-0.2, 0) is 16.4 Å². The van der Waals surface area contributed by atoms with Gasteiger partial charge in [-0.15, -0.1) is 0 Å². The SMILES string of the molecule is O=S1(=O)CCC(CNCc2ccco2)CC1. The number of sulfone groups is 1. The van der Waals surface area contributed by atoms with Crippen molar-refractivity contribution in [1.82, 2.24) is 5.32 Å². The Morgan fingerprint density at radius 3 is 2.75 bits per heavy atom. The van der Waals surface area contributed by atoms with Gasteiger partial charge in [0.25, 0.3) is 0 Å². The van der Waals surface area contributed by atoms with Gasteiger partial charge in [0.2, 0.25) is 0 Å². The maximum absolute atomic E-state index is 11.2. The molecule has 0 saturated carbocycles. The van der Waals surface area contributed by atoms with E-state index in [-0.39, 0.29) is 0 Å². The van der Waals surface area contributed by atoms with Crippen LogP contribution >= 0.6 is 0 Å². The van der Waals surface area contributed by atoms with E-state index in [1.807, 2.05) is 12.1 Å². The summed E-state index contributed by atoms with van der Waals surface area (Å²) < 4.78 is 27.6. The third kappa shape index (κ3) is 3.35. The number of hydrogen-bond donors (Lipinski definition) is 1. The van der Waals surface area contributed by atoms with Gasteiger partial charge in [0, 0.05) is 0 Å². The van der Waals surface area contributed by atoms with Crippen LogP contribution in [0.5, 0.6) is 0 Å². The molecule has 0 unspecified atom stereocenters. The zero-order valence-electron chi connectivity index (χ0n) is 9.19. The molecule has 1 saturated heterocycles. The molecule has 0 bridgehead atoms. The summed E-state index contributed by atoms with van der Waals surface area (Å²) in [6, 6.07) is 3.79. The Balaban J connectivity index is 1.68. The molecular formula is C11H17NO3S. The van der Waals surface area contributed by atoms with Crippen LogP contribution in [0.4, 0.5) is 0 Å². The minimum Gasteiger partial charge on any atom is -0.468 e. The third-order valence-electron chi connectivity index (χ3n) is 2.99. The first-order valence-electron chi connectivity index (χ1n) is 5.59. The molecule has 90 valence electrons. The van der Waals surface area contributed by atoms with Gasteiger partial charge < -0.3 is 9.73 Å². The molecule has 16 heavy (non-hydrogen) atoms. The summed E-state index contributed by atoms with van der Waals surface area (Å²) in [6.07, 6.45) is 3.23. The normalized spacial score (nSPS) is 21.0. The number of hydrogen-bond acceptors (Lipinski definition) is 4. The molecule has 1 aromatic rings. The highest BCUT2D eigenvalue weighted by Crippen LogP contribution is 2.17. The van der Waals surface area contributed by atoms with Gasteiger partial charge in [0.1, 0.15) is 15.6 Å². The largest absolute Gasteiger partial charge is 0.468 e. The van der Waals surface area contributed by atoms with E-state index < -0.39 is 9.84 Å². The van der Waals surface area contributed by atoms with Gasteiger partial charge in [-0.3, -0.25) is 0 Å². The molecule has 0 aromatic carbocycles. The maximum Gasteiger partial charge on any atom is 0.150 e. The summed E-state index contributed by atoms with van der Waals surface area (Å²) in [7, 11) is -2.73. The molecular weight excluding hydrogens is 226 g/mol. The smallest absolute Gasteiger partial charge is 0.150 e. The minimum absolute atomic E-state index is 0.347. The standard InChI is InChI=1S/C11H17NO3S/c13-16(14)6-3-10(4-7-16)8-12-9-11-2-1-5-15-11/h1-2,5,10,12H,3-4,6-9H2. The van der Waals surface area contributed by atoms with Gasteiger partial charge in [-0.05, 0) is 37.4 Å². The molecule has 0 amide bonds. The lowest BCUT2D eigenvalue weighted by Gasteiger charge is -2.21. The number of rotatable bonds is 4. The molecule has 2 rings (SSSR count).